The molecule has 1 aliphatic rings. The number of phenolic OH excluding ortho intramolecular Hbond substituents is 1. The molecule has 5 N–H and O–H groups in total. The molecular formula is C51H52N6O8. The average molecular weight is 877 g/mol. The van der Waals surface area contributed by atoms with Crippen molar-refractivity contribution in [2.45, 2.75) is 25.5 Å². The SMILES string of the molecule is COc1cc(O)ccc1CNCCNC(=O)c1cccc(C(=O)NCCN2CCC(OC(=O)N(c3ccccc3-c3ccccc3)N(C(=O)O)c3ccccc3-c3ccccc3)CC2)c1. The number of anilines is 2. The van der Waals surface area contributed by atoms with E-state index in [-0.39, 0.29) is 23.3 Å². The van der Waals surface area contributed by atoms with Gasteiger partial charge in [-0.3, -0.25) is 9.59 Å². The molecule has 6 aromatic rings. The molecule has 0 atom stereocenters. The van der Waals surface area contributed by atoms with Crippen LogP contribution in [0.1, 0.15) is 39.1 Å². The number of nitrogens with one attached hydrogen (secondary N) is 3. The molecule has 0 aromatic heterocycles. The number of carboxylic acid groups (broad SMARTS) is 1. The summed E-state index contributed by atoms with van der Waals surface area (Å²) >= 11 is 0. The fourth-order valence-corrected chi connectivity index (χ4v) is 7.77. The van der Waals surface area contributed by atoms with Gasteiger partial charge in [0.15, 0.2) is 0 Å². The van der Waals surface area contributed by atoms with Crippen LogP contribution < -0.4 is 30.7 Å². The number of hydrogen-bond acceptors (Lipinski definition) is 9. The van der Waals surface area contributed by atoms with Crippen molar-refractivity contribution in [3.8, 4) is 33.8 Å². The maximum absolute atomic E-state index is 14.5. The Morgan fingerprint density at radius 1 is 0.646 bits per heavy atom. The second-order valence-corrected chi connectivity index (χ2v) is 15.4. The Morgan fingerprint density at radius 3 is 1.78 bits per heavy atom. The summed E-state index contributed by atoms with van der Waals surface area (Å²) in [5.74, 6) is 0.0800. The van der Waals surface area contributed by atoms with Gasteiger partial charge in [-0.1, -0.05) is 109 Å². The van der Waals surface area contributed by atoms with Crippen LogP contribution in [0, 0.1) is 0 Å². The Morgan fingerprint density at radius 2 is 1.20 bits per heavy atom. The van der Waals surface area contributed by atoms with E-state index in [0.29, 0.717) is 92.3 Å². The van der Waals surface area contributed by atoms with Crippen molar-refractivity contribution >= 4 is 35.4 Å². The van der Waals surface area contributed by atoms with Crippen LogP contribution in [-0.4, -0.2) is 91.6 Å². The number of para-hydroxylation sites is 2. The summed E-state index contributed by atoms with van der Waals surface area (Å²) in [5.41, 5.74) is 5.07. The van der Waals surface area contributed by atoms with Crippen LogP contribution in [0.3, 0.4) is 0 Å². The van der Waals surface area contributed by atoms with Crippen molar-refractivity contribution in [3.63, 3.8) is 0 Å². The second kappa shape index (κ2) is 22.1. The monoisotopic (exact) mass is 876 g/mol. The first-order valence-electron chi connectivity index (χ1n) is 21.5. The molecule has 0 spiro atoms. The first-order valence-corrected chi connectivity index (χ1v) is 21.5. The largest absolute Gasteiger partial charge is 0.508 e. The number of carbonyl (C=O) groups is 4. The maximum atomic E-state index is 14.5. The van der Waals surface area contributed by atoms with Gasteiger partial charge in [-0.15, -0.1) is 0 Å². The molecule has 6 aromatic carbocycles. The number of hydrazine groups is 1. The van der Waals surface area contributed by atoms with Gasteiger partial charge < -0.3 is 40.5 Å². The molecule has 0 radical (unpaired) electrons. The van der Waals surface area contributed by atoms with Crippen molar-refractivity contribution in [1.82, 2.24) is 20.9 Å². The van der Waals surface area contributed by atoms with Crippen LogP contribution in [0.4, 0.5) is 21.0 Å². The summed E-state index contributed by atoms with van der Waals surface area (Å²) in [7, 11) is 1.54. The van der Waals surface area contributed by atoms with Gasteiger partial charge in [-0.2, -0.15) is 10.0 Å². The van der Waals surface area contributed by atoms with E-state index >= 15 is 0 Å². The number of methoxy groups -OCH3 is 1. The smallest absolute Gasteiger partial charge is 0.434 e. The summed E-state index contributed by atoms with van der Waals surface area (Å²) < 4.78 is 11.5. The molecule has 1 aliphatic heterocycles. The molecule has 0 saturated carbocycles. The molecule has 7 rings (SSSR count). The Labute approximate surface area is 378 Å². The van der Waals surface area contributed by atoms with Crippen LogP contribution in [0.2, 0.25) is 0 Å². The zero-order chi connectivity index (χ0) is 45.5. The van der Waals surface area contributed by atoms with Gasteiger partial charge in [0.25, 0.3) is 11.8 Å². The van der Waals surface area contributed by atoms with E-state index in [1.807, 2.05) is 84.9 Å². The highest BCUT2D eigenvalue weighted by Crippen LogP contribution is 2.38. The van der Waals surface area contributed by atoms with Crippen LogP contribution in [0.5, 0.6) is 11.5 Å². The maximum Gasteiger partial charge on any atom is 0.434 e. The third-order valence-electron chi connectivity index (χ3n) is 11.1. The number of piperidine rings is 1. The van der Waals surface area contributed by atoms with Gasteiger partial charge >= 0.3 is 12.2 Å². The first kappa shape index (κ1) is 45.3. The van der Waals surface area contributed by atoms with E-state index in [0.717, 1.165) is 26.7 Å². The van der Waals surface area contributed by atoms with E-state index in [1.165, 1.54) is 7.11 Å². The fourth-order valence-electron chi connectivity index (χ4n) is 7.77. The molecule has 0 unspecified atom stereocenters. The lowest BCUT2D eigenvalue weighted by molar-refractivity contribution is 0.0543. The molecule has 4 amide bonds. The minimum Gasteiger partial charge on any atom is -0.508 e. The number of amides is 4. The van der Waals surface area contributed by atoms with Crippen molar-refractivity contribution in [2.24, 2.45) is 0 Å². The summed E-state index contributed by atoms with van der Waals surface area (Å²) in [6.07, 6.45) is -1.69. The lowest BCUT2D eigenvalue weighted by Crippen LogP contribution is -2.52. The van der Waals surface area contributed by atoms with Crippen molar-refractivity contribution in [2.75, 3.05) is 56.4 Å². The number of aromatic hydroxyl groups is 1. The predicted octanol–water partition coefficient (Wildman–Crippen LogP) is 8.19. The summed E-state index contributed by atoms with van der Waals surface area (Å²) in [4.78, 5) is 56.2. The van der Waals surface area contributed by atoms with Crippen LogP contribution >= 0.6 is 0 Å². The third-order valence-corrected chi connectivity index (χ3v) is 11.1. The minimum absolute atomic E-state index is 0.119. The molecule has 65 heavy (non-hydrogen) atoms. The molecule has 1 heterocycles. The van der Waals surface area contributed by atoms with Crippen LogP contribution in [0.15, 0.2) is 152 Å². The third kappa shape index (κ3) is 11.7. The summed E-state index contributed by atoms with van der Waals surface area (Å²) in [5, 5.41) is 31.7. The van der Waals surface area contributed by atoms with Crippen LogP contribution in [0.25, 0.3) is 22.3 Å². The van der Waals surface area contributed by atoms with Crippen LogP contribution in [-0.2, 0) is 11.3 Å². The molecule has 0 bridgehead atoms. The number of likely N-dealkylation sites (tertiary alicyclic amines) is 1. The number of carbonyl (C=O) groups excluding carboxylic acids is 3. The number of rotatable bonds is 16. The van der Waals surface area contributed by atoms with Gasteiger partial charge in [0.1, 0.15) is 17.6 Å². The van der Waals surface area contributed by atoms with Gasteiger partial charge in [-0.05, 0) is 60.4 Å². The van der Waals surface area contributed by atoms with E-state index < -0.39 is 18.3 Å². The predicted molar refractivity (Wildman–Crippen MR) is 250 cm³/mol. The Kier molecular flexibility index (Phi) is 15.4. The molecular weight excluding hydrogens is 825 g/mol. The first-order chi connectivity index (χ1) is 31.7. The van der Waals surface area contributed by atoms with Crippen molar-refractivity contribution in [1.29, 1.82) is 0 Å². The molecule has 14 nitrogen and oxygen atoms in total. The number of benzene rings is 6. The quantitative estimate of drug-likeness (QED) is 0.0472. The molecule has 1 saturated heterocycles. The lowest BCUT2D eigenvalue weighted by Gasteiger charge is -2.36. The van der Waals surface area contributed by atoms with Gasteiger partial charge in [0.2, 0.25) is 0 Å². The van der Waals surface area contributed by atoms with Gasteiger partial charge in [0, 0.05) is 79.7 Å². The van der Waals surface area contributed by atoms with E-state index in [1.54, 1.807) is 66.7 Å². The average Bonchev–Trinajstić information content (AvgIpc) is 3.34. The highest BCUT2D eigenvalue weighted by Gasteiger charge is 2.36. The minimum atomic E-state index is -1.37. The number of hydrogen-bond donors (Lipinski definition) is 5. The van der Waals surface area contributed by atoms with E-state index in [9.17, 15) is 29.4 Å². The number of phenols is 1. The Bertz CT molecular complexity index is 2570. The van der Waals surface area contributed by atoms with Gasteiger partial charge in [-0.25, -0.2) is 9.59 Å². The van der Waals surface area contributed by atoms with Crippen molar-refractivity contribution < 1.29 is 38.9 Å². The Hall–Kier alpha value is -7.68. The highest BCUT2D eigenvalue weighted by atomic mass is 16.6. The zero-order valence-corrected chi connectivity index (χ0v) is 36.1. The van der Waals surface area contributed by atoms with E-state index in [4.69, 9.17) is 9.47 Å². The molecule has 0 aliphatic carbocycles. The summed E-state index contributed by atoms with van der Waals surface area (Å²) in [6, 6.07) is 44.6. The van der Waals surface area contributed by atoms with E-state index in [2.05, 4.69) is 20.9 Å². The number of nitrogens with zero attached hydrogens (tertiary/aromatic N) is 3. The fraction of sp³-hybridized carbons (Fsp3) is 0.216. The number of ether oxygens (including phenoxy) is 2. The standard InChI is InChI=1S/C51H52N6O8/c1-64-47-34-41(58)24-23-40(47)35-52-27-28-53-48(59)38-17-12-18-39(33-38)49(60)54-29-32-55-30-25-42(26-31-55)65-51(63)57(46-22-11-9-20-44(46)37-15-6-3-7-16-37)56(50(61)62)45-21-10-8-19-43(45)36-13-4-2-5-14-36/h2-24,33-34,42,52,58H,25-32,35H2,1H3,(H,53,59)(H,54,60)(H,61,62). The molecule has 1 fully saturated rings. The molecule has 14 heteroatoms. The zero-order valence-electron chi connectivity index (χ0n) is 36.1. The lowest BCUT2D eigenvalue weighted by atomic mass is 10.0. The summed E-state index contributed by atoms with van der Waals surface area (Å²) in [6.45, 7) is 3.41. The second-order valence-electron chi connectivity index (χ2n) is 15.4. The Balaban J connectivity index is 0.943. The molecule has 334 valence electrons. The van der Waals surface area contributed by atoms with Gasteiger partial charge in [0.05, 0.1) is 18.5 Å². The highest BCUT2D eigenvalue weighted by molar-refractivity contribution is 6.06. The normalized spacial score (nSPS) is 12.8. The van der Waals surface area contributed by atoms with Crippen molar-refractivity contribution in [3.05, 3.63) is 168 Å². The topological polar surface area (TPSA) is 173 Å².